The van der Waals surface area contributed by atoms with Crippen LogP contribution in [0.25, 0.3) is 0 Å². The molecule has 0 aliphatic carbocycles. The molecule has 3 aromatic rings. The molecule has 7 heteroatoms. The number of amidine groups is 2. The molecule has 0 spiro atoms. The van der Waals surface area contributed by atoms with E-state index < -0.39 is 11.3 Å². The molecule has 182 valence electrons. The van der Waals surface area contributed by atoms with Gasteiger partial charge in [-0.2, -0.15) is 0 Å². The van der Waals surface area contributed by atoms with E-state index in [4.69, 9.17) is 9.98 Å². The minimum Gasteiger partial charge on any atom is -0.325 e. The molecule has 0 unspecified atom stereocenters. The van der Waals surface area contributed by atoms with Gasteiger partial charge >= 0.3 is 0 Å². The van der Waals surface area contributed by atoms with Gasteiger partial charge < -0.3 is 5.32 Å². The Bertz CT molecular complexity index is 1350. The van der Waals surface area contributed by atoms with Crippen molar-refractivity contribution in [2.45, 2.75) is 44.4 Å². The molecule has 2 amide bonds. The summed E-state index contributed by atoms with van der Waals surface area (Å²) in [6, 6.07) is 24.5. The van der Waals surface area contributed by atoms with Crippen molar-refractivity contribution >= 4 is 46.0 Å². The molecule has 1 N–H and O–H groups in total. The molecule has 0 aromatic heterocycles. The maximum absolute atomic E-state index is 13.6. The first-order valence-electron chi connectivity index (χ1n) is 12.2. The molecule has 0 saturated carbocycles. The van der Waals surface area contributed by atoms with E-state index in [2.05, 4.69) is 19.2 Å². The molecule has 2 atom stereocenters. The highest BCUT2D eigenvalue weighted by Gasteiger charge is 2.43. The van der Waals surface area contributed by atoms with Gasteiger partial charge in [-0.25, -0.2) is 14.9 Å². The highest BCUT2D eigenvalue weighted by Crippen LogP contribution is 2.38. The first kappa shape index (κ1) is 24.0. The van der Waals surface area contributed by atoms with Gasteiger partial charge in [-0.15, -0.1) is 0 Å². The predicted molar refractivity (Wildman–Crippen MR) is 147 cm³/mol. The Labute approximate surface area is 215 Å². The van der Waals surface area contributed by atoms with Gasteiger partial charge in [-0.1, -0.05) is 87.1 Å². The van der Waals surface area contributed by atoms with E-state index in [-0.39, 0.29) is 11.8 Å². The number of nitrogens with one attached hydrogen (secondary N) is 1. The molecular weight excluding hydrogens is 468 g/mol. The van der Waals surface area contributed by atoms with Gasteiger partial charge in [-0.05, 0) is 47.7 Å². The van der Waals surface area contributed by atoms with Crippen molar-refractivity contribution in [2.75, 3.05) is 5.32 Å². The zero-order valence-electron chi connectivity index (χ0n) is 20.5. The largest absolute Gasteiger partial charge is 0.325 e. The van der Waals surface area contributed by atoms with Gasteiger partial charge in [0.2, 0.25) is 5.91 Å². The molecule has 2 aliphatic rings. The number of carbonyl (C=O) groups excluding carboxylic acids is 2. The van der Waals surface area contributed by atoms with Gasteiger partial charge in [0.05, 0.1) is 10.9 Å². The lowest BCUT2D eigenvalue weighted by Crippen LogP contribution is -2.41. The van der Waals surface area contributed by atoms with Crippen molar-refractivity contribution in [1.29, 1.82) is 0 Å². The van der Waals surface area contributed by atoms with E-state index in [0.717, 1.165) is 22.5 Å². The van der Waals surface area contributed by atoms with Crippen LogP contribution in [0.3, 0.4) is 0 Å². The summed E-state index contributed by atoms with van der Waals surface area (Å²) in [5, 5.41) is 3.08. The lowest BCUT2D eigenvalue weighted by Gasteiger charge is -2.27. The van der Waals surface area contributed by atoms with Crippen molar-refractivity contribution in [3.63, 3.8) is 0 Å². The molecule has 5 rings (SSSR count). The second-order valence-electron chi connectivity index (χ2n) is 9.13. The molecule has 3 aromatic carbocycles. The number of hydrogen-bond donors (Lipinski definition) is 1. The van der Waals surface area contributed by atoms with Gasteiger partial charge in [0.15, 0.2) is 11.2 Å². The highest BCUT2D eigenvalue weighted by atomic mass is 32.2. The van der Waals surface area contributed by atoms with Crippen LogP contribution in [0.4, 0.5) is 11.4 Å². The number of carbonyl (C=O) groups is 2. The second-order valence-corrected chi connectivity index (χ2v) is 10.3. The zero-order valence-corrected chi connectivity index (χ0v) is 21.3. The molecular formula is C29H28N4O2S. The third-order valence-corrected chi connectivity index (χ3v) is 7.66. The van der Waals surface area contributed by atoms with E-state index in [1.165, 1.54) is 17.3 Å². The molecule has 36 heavy (non-hydrogen) atoms. The van der Waals surface area contributed by atoms with Crippen molar-refractivity contribution in [1.82, 2.24) is 4.90 Å². The Morgan fingerprint density at radius 3 is 2.39 bits per heavy atom. The summed E-state index contributed by atoms with van der Waals surface area (Å²) in [4.78, 5) is 38.0. The Kier molecular flexibility index (Phi) is 6.74. The number of benzene rings is 3. The van der Waals surface area contributed by atoms with Gasteiger partial charge in [0.25, 0.3) is 5.91 Å². The summed E-state index contributed by atoms with van der Waals surface area (Å²) in [5.74, 6) is 0.735. The minimum absolute atomic E-state index is 0.119. The Balaban J connectivity index is 1.42. The van der Waals surface area contributed by atoms with E-state index in [1.807, 2.05) is 85.8 Å². The van der Waals surface area contributed by atoms with Gasteiger partial charge in [0.1, 0.15) is 5.84 Å². The number of nitrogens with zero attached hydrogens (tertiary/aromatic N) is 3. The molecule has 2 aliphatic heterocycles. The number of amides is 2. The molecule has 6 nitrogen and oxygen atoms in total. The second kappa shape index (κ2) is 10.1. The Morgan fingerprint density at radius 2 is 1.69 bits per heavy atom. The van der Waals surface area contributed by atoms with Crippen LogP contribution in [0.15, 0.2) is 88.8 Å². The van der Waals surface area contributed by atoms with Crippen LogP contribution in [0.5, 0.6) is 0 Å². The smallest absolute Gasteiger partial charge is 0.263 e. The van der Waals surface area contributed by atoms with E-state index in [1.54, 1.807) is 4.90 Å². The van der Waals surface area contributed by atoms with Gasteiger partial charge in [-0.3, -0.25) is 9.59 Å². The number of rotatable bonds is 6. The van der Waals surface area contributed by atoms with Crippen molar-refractivity contribution in [3.05, 3.63) is 95.6 Å². The Morgan fingerprint density at radius 1 is 1.00 bits per heavy atom. The number of hydrogen-bond acceptors (Lipinski definition) is 5. The molecule has 0 bridgehead atoms. The number of thioether (sulfide) groups is 1. The van der Waals surface area contributed by atoms with Crippen LogP contribution in [0, 0.1) is 0 Å². The van der Waals surface area contributed by atoms with Crippen LogP contribution >= 0.6 is 11.8 Å². The molecule has 0 fully saturated rings. The summed E-state index contributed by atoms with van der Waals surface area (Å²) in [7, 11) is 0. The zero-order chi connectivity index (χ0) is 25.2. The molecule has 0 saturated heterocycles. The normalized spacial score (nSPS) is 17.3. The topological polar surface area (TPSA) is 74.1 Å². The number of fused-ring (bicyclic) bond motifs is 3. The Hall–Kier alpha value is -3.71. The summed E-state index contributed by atoms with van der Waals surface area (Å²) < 4.78 is 0. The van der Waals surface area contributed by atoms with E-state index >= 15 is 0 Å². The first-order chi connectivity index (χ1) is 17.5. The maximum atomic E-state index is 13.6. The molecule has 0 radical (unpaired) electrons. The van der Waals surface area contributed by atoms with Crippen LogP contribution in [0.1, 0.15) is 55.8 Å². The molecule has 2 heterocycles. The first-order valence-corrected chi connectivity index (χ1v) is 13.1. The quantitative estimate of drug-likeness (QED) is 0.436. The number of anilines is 1. The van der Waals surface area contributed by atoms with Crippen molar-refractivity contribution in [2.24, 2.45) is 9.98 Å². The standard InChI is InChI=1S/C29H28N4O2S/c1-4-24(27(34)30-21-16-14-19(15-17-21)18(2)3)36-29-31-23-13-9-8-12-22(23)26-32-25(28(35)33(26)29)20-10-6-5-7-11-20/h5-18,24-25H,4H2,1-3H3,(H,30,34)/t24-,25-/m0/s1. The fourth-order valence-corrected chi connectivity index (χ4v) is 5.33. The summed E-state index contributed by atoms with van der Waals surface area (Å²) in [6.07, 6.45) is 0.581. The average molecular weight is 497 g/mol. The third-order valence-electron chi connectivity index (χ3n) is 6.34. The van der Waals surface area contributed by atoms with Gasteiger partial charge in [0, 0.05) is 11.3 Å². The number of aliphatic imine (C=N–C) groups is 2. The van der Waals surface area contributed by atoms with Crippen LogP contribution in [-0.4, -0.2) is 33.0 Å². The van der Waals surface area contributed by atoms with Crippen LogP contribution in [0.2, 0.25) is 0 Å². The maximum Gasteiger partial charge on any atom is 0.263 e. The average Bonchev–Trinajstić information content (AvgIpc) is 3.25. The number of para-hydroxylation sites is 1. The lowest BCUT2D eigenvalue weighted by molar-refractivity contribution is -0.124. The summed E-state index contributed by atoms with van der Waals surface area (Å²) in [5.41, 5.74) is 4.37. The van der Waals surface area contributed by atoms with Crippen molar-refractivity contribution in [3.8, 4) is 0 Å². The summed E-state index contributed by atoms with van der Waals surface area (Å²) in [6.45, 7) is 6.24. The fourth-order valence-electron chi connectivity index (χ4n) is 4.31. The summed E-state index contributed by atoms with van der Waals surface area (Å²) >= 11 is 1.30. The van der Waals surface area contributed by atoms with Crippen LogP contribution in [-0.2, 0) is 9.59 Å². The fraction of sp³-hybridized carbons (Fsp3) is 0.241. The minimum atomic E-state index is -0.633. The third kappa shape index (κ3) is 4.58. The monoisotopic (exact) mass is 496 g/mol. The lowest BCUT2D eigenvalue weighted by atomic mass is 10.0. The highest BCUT2D eigenvalue weighted by molar-refractivity contribution is 8.15. The van der Waals surface area contributed by atoms with Crippen molar-refractivity contribution < 1.29 is 9.59 Å². The van der Waals surface area contributed by atoms with E-state index in [0.29, 0.717) is 23.3 Å². The SMILES string of the molecule is CC[C@H](SC1=Nc2ccccc2C2=N[C@@H](c3ccccc3)C(=O)N12)C(=O)Nc1ccc(C(C)C)cc1. The predicted octanol–water partition coefficient (Wildman–Crippen LogP) is 6.29. The van der Waals surface area contributed by atoms with E-state index in [9.17, 15) is 9.59 Å². The van der Waals surface area contributed by atoms with Crippen LogP contribution < -0.4 is 5.32 Å².